The molecule has 2 heterocycles. The van der Waals surface area contributed by atoms with E-state index in [1.807, 2.05) is 33.0 Å². The van der Waals surface area contributed by atoms with Gasteiger partial charge in [0, 0.05) is 6.54 Å². The SMILES string of the molecule is C=C/C(=C(\C)CC1(C)CCCC1)c1cnc(C2C=C(C)CN2C(=O)C(NC(=O)OC)C(C)C)[nH]1. The minimum atomic E-state index is -0.679. The van der Waals surface area contributed by atoms with E-state index in [0.717, 1.165) is 23.3 Å². The second kappa shape index (κ2) is 10.6. The summed E-state index contributed by atoms with van der Waals surface area (Å²) < 4.78 is 4.73. The van der Waals surface area contributed by atoms with E-state index in [4.69, 9.17) is 4.74 Å². The van der Waals surface area contributed by atoms with Gasteiger partial charge in [0.25, 0.3) is 0 Å². The van der Waals surface area contributed by atoms with Gasteiger partial charge in [0.2, 0.25) is 5.91 Å². The third-order valence-corrected chi connectivity index (χ3v) is 7.20. The summed E-state index contributed by atoms with van der Waals surface area (Å²) in [5.74, 6) is 0.469. The molecule has 3 rings (SSSR count). The first-order valence-electron chi connectivity index (χ1n) is 12.3. The molecule has 1 aliphatic carbocycles. The summed E-state index contributed by atoms with van der Waals surface area (Å²) in [6.45, 7) is 14.9. The number of allylic oxidation sites excluding steroid dienone is 3. The van der Waals surface area contributed by atoms with Crippen molar-refractivity contribution in [3.05, 3.63) is 47.6 Å². The van der Waals surface area contributed by atoms with Crippen LogP contribution in [0.4, 0.5) is 4.79 Å². The number of ether oxygens (including phenoxy) is 1. The topological polar surface area (TPSA) is 87.3 Å². The molecular weight excluding hydrogens is 428 g/mol. The number of aromatic amines is 1. The average Bonchev–Trinajstić information content (AvgIpc) is 3.51. The summed E-state index contributed by atoms with van der Waals surface area (Å²) in [6, 6.07) is -0.998. The van der Waals surface area contributed by atoms with Crippen LogP contribution >= 0.6 is 0 Å². The molecule has 2 atom stereocenters. The zero-order valence-electron chi connectivity index (χ0n) is 21.5. The molecule has 0 aromatic carbocycles. The number of hydrogen-bond donors (Lipinski definition) is 2. The Bertz CT molecular complexity index is 982. The minimum absolute atomic E-state index is 0.0878. The fraction of sp³-hybridized carbons (Fsp3) is 0.593. The summed E-state index contributed by atoms with van der Waals surface area (Å²) in [6.07, 6.45) is 11.4. The van der Waals surface area contributed by atoms with Gasteiger partial charge in [-0.15, -0.1) is 0 Å². The molecule has 34 heavy (non-hydrogen) atoms. The molecule has 2 N–H and O–H groups in total. The van der Waals surface area contributed by atoms with Crippen molar-refractivity contribution in [3.8, 4) is 0 Å². The van der Waals surface area contributed by atoms with Crippen LogP contribution in [0.15, 0.2) is 36.1 Å². The molecule has 1 aromatic heterocycles. The molecule has 2 amide bonds. The van der Waals surface area contributed by atoms with Gasteiger partial charge >= 0.3 is 6.09 Å². The van der Waals surface area contributed by atoms with E-state index in [0.29, 0.717) is 17.8 Å². The lowest BCUT2D eigenvalue weighted by atomic mass is 9.81. The zero-order valence-corrected chi connectivity index (χ0v) is 21.5. The number of methoxy groups -OCH3 is 1. The number of H-pyrrole nitrogens is 1. The van der Waals surface area contributed by atoms with Crippen LogP contribution in [-0.2, 0) is 9.53 Å². The Morgan fingerprint density at radius 2 is 2.06 bits per heavy atom. The average molecular weight is 469 g/mol. The number of carbonyl (C=O) groups is 2. The fourth-order valence-corrected chi connectivity index (χ4v) is 5.38. The molecule has 1 aliphatic heterocycles. The highest BCUT2D eigenvalue weighted by Gasteiger charge is 2.37. The van der Waals surface area contributed by atoms with Crippen LogP contribution in [0.3, 0.4) is 0 Å². The van der Waals surface area contributed by atoms with E-state index in [1.165, 1.54) is 38.4 Å². The van der Waals surface area contributed by atoms with E-state index in [2.05, 4.69) is 41.8 Å². The molecule has 2 unspecified atom stereocenters. The molecule has 2 aliphatic rings. The van der Waals surface area contributed by atoms with Crippen molar-refractivity contribution in [2.45, 2.75) is 78.8 Å². The number of carbonyl (C=O) groups excluding carboxylic acids is 2. The Balaban J connectivity index is 1.85. The van der Waals surface area contributed by atoms with E-state index < -0.39 is 12.1 Å². The molecule has 1 fully saturated rings. The number of aromatic nitrogens is 2. The Morgan fingerprint density at radius 1 is 1.38 bits per heavy atom. The standard InChI is InChI=1S/C27H40N4O3/c1-8-20(19(5)14-27(6)11-9-10-12-27)21-15-28-24(29-21)22-13-18(4)16-31(22)25(32)23(17(2)3)30-26(33)34-7/h8,13,15,17,22-23H,1,9-12,14,16H2,2-7H3,(H,28,29)(H,30,33)/b20-19-. The van der Waals surface area contributed by atoms with Crippen molar-refractivity contribution in [1.29, 1.82) is 0 Å². The monoisotopic (exact) mass is 468 g/mol. The van der Waals surface area contributed by atoms with Crippen molar-refractivity contribution in [2.75, 3.05) is 13.7 Å². The van der Waals surface area contributed by atoms with Crippen LogP contribution in [0.25, 0.3) is 5.57 Å². The van der Waals surface area contributed by atoms with Gasteiger partial charge in [0.1, 0.15) is 17.9 Å². The smallest absolute Gasteiger partial charge is 0.407 e. The van der Waals surface area contributed by atoms with Crippen LogP contribution in [0, 0.1) is 11.3 Å². The number of rotatable bonds is 8. The van der Waals surface area contributed by atoms with Crippen molar-refractivity contribution >= 4 is 17.6 Å². The van der Waals surface area contributed by atoms with Crippen molar-refractivity contribution in [3.63, 3.8) is 0 Å². The molecule has 1 aromatic rings. The minimum Gasteiger partial charge on any atom is -0.453 e. The molecule has 0 saturated heterocycles. The first-order valence-corrected chi connectivity index (χ1v) is 12.3. The normalized spacial score (nSPS) is 21.2. The number of nitrogens with zero attached hydrogens (tertiary/aromatic N) is 2. The summed E-state index contributed by atoms with van der Waals surface area (Å²) in [5, 5.41) is 2.69. The molecule has 1 saturated carbocycles. The molecule has 186 valence electrons. The lowest BCUT2D eigenvalue weighted by molar-refractivity contribution is -0.135. The third-order valence-electron chi connectivity index (χ3n) is 7.20. The summed E-state index contributed by atoms with van der Waals surface area (Å²) >= 11 is 0. The van der Waals surface area contributed by atoms with E-state index in [-0.39, 0.29) is 17.9 Å². The Labute approximate surface area is 203 Å². The van der Waals surface area contributed by atoms with Gasteiger partial charge in [-0.2, -0.15) is 0 Å². The van der Waals surface area contributed by atoms with E-state index in [1.54, 1.807) is 4.90 Å². The predicted molar refractivity (Wildman–Crippen MR) is 135 cm³/mol. The summed E-state index contributed by atoms with van der Waals surface area (Å²) in [5.41, 5.74) is 4.75. The second-order valence-corrected chi connectivity index (χ2v) is 10.6. The number of imidazole rings is 1. The van der Waals surface area contributed by atoms with Crippen molar-refractivity contribution in [2.24, 2.45) is 11.3 Å². The molecular formula is C27H40N4O3. The second-order valence-electron chi connectivity index (χ2n) is 10.6. The van der Waals surface area contributed by atoms with E-state index in [9.17, 15) is 9.59 Å². The summed E-state index contributed by atoms with van der Waals surface area (Å²) in [7, 11) is 1.30. The first kappa shape index (κ1) is 25.8. The number of amides is 2. The molecule has 0 radical (unpaired) electrons. The quantitative estimate of drug-likeness (QED) is 0.387. The number of alkyl carbamates (subject to hydrolysis) is 1. The first-order chi connectivity index (χ1) is 16.1. The summed E-state index contributed by atoms with van der Waals surface area (Å²) in [4.78, 5) is 35.2. The van der Waals surface area contributed by atoms with Crippen LogP contribution in [0.5, 0.6) is 0 Å². The maximum atomic E-state index is 13.5. The lowest BCUT2D eigenvalue weighted by Crippen LogP contribution is -2.51. The number of nitrogens with one attached hydrogen (secondary N) is 2. The predicted octanol–water partition coefficient (Wildman–Crippen LogP) is 5.55. The van der Waals surface area contributed by atoms with Crippen LogP contribution < -0.4 is 5.32 Å². The highest BCUT2D eigenvalue weighted by Crippen LogP contribution is 2.43. The largest absolute Gasteiger partial charge is 0.453 e. The van der Waals surface area contributed by atoms with E-state index >= 15 is 0 Å². The molecule has 7 nitrogen and oxygen atoms in total. The van der Waals surface area contributed by atoms with Gasteiger partial charge in [0.15, 0.2) is 0 Å². The fourth-order valence-electron chi connectivity index (χ4n) is 5.38. The zero-order chi connectivity index (χ0) is 25.0. The van der Waals surface area contributed by atoms with Crippen molar-refractivity contribution in [1.82, 2.24) is 20.2 Å². The van der Waals surface area contributed by atoms with Gasteiger partial charge in [-0.05, 0) is 50.0 Å². The molecule has 0 bridgehead atoms. The Hall–Kier alpha value is -2.83. The van der Waals surface area contributed by atoms with Crippen LogP contribution in [0.1, 0.15) is 84.3 Å². The Kier molecular flexibility index (Phi) is 8.05. The van der Waals surface area contributed by atoms with Crippen LogP contribution in [0.2, 0.25) is 0 Å². The molecule has 0 spiro atoms. The van der Waals surface area contributed by atoms with Crippen molar-refractivity contribution < 1.29 is 14.3 Å². The van der Waals surface area contributed by atoms with Crippen LogP contribution in [-0.4, -0.2) is 46.6 Å². The lowest BCUT2D eigenvalue weighted by Gasteiger charge is -2.30. The van der Waals surface area contributed by atoms with Gasteiger partial charge in [-0.25, -0.2) is 9.78 Å². The van der Waals surface area contributed by atoms with Gasteiger partial charge in [-0.1, -0.05) is 63.5 Å². The number of hydrogen-bond acceptors (Lipinski definition) is 4. The maximum Gasteiger partial charge on any atom is 0.407 e. The molecule has 7 heteroatoms. The maximum absolute atomic E-state index is 13.5. The highest BCUT2D eigenvalue weighted by molar-refractivity contribution is 5.87. The van der Waals surface area contributed by atoms with Gasteiger partial charge in [-0.3, -0.25) is 4.79 Å². The third kappa shape index (κ3) is 5.62. The van der Waals surface area contributed by atoms with Gasteiger partial charge in [0.05, 0.1) is 19.0 Å². The van der Waals surface area contributed by atoms with Gasteiger partial charge < -0.3 is 19.9 Å². The Morgan fingerprint density at radius 3 is 2.65 bits per heavy atom. The highest BCUT2D eigenvalue weighted by atomic mass is 16.5.